The summed E-state index contributed by atoms with van der Waals surface area (Å²) in [5.41, 5.74) is 1.70. The van der Waals surface area contributed by atoms with Crippen LogP contribution < -0.4 is 0 Å². The molecule has 1 rings (SSSR count). The van der Waals surface area contributed by atoms with Crippen molar-refractivity contribution in [3.8, 4) is 0 Å². The molecule has 0 atom stereocenters. The molecule has 82 valence electrons. The summed E-state index contributed by atoms with van der Waals surface area (Å²) in [5.74, 6) is -0.937. The summed E-state index contributed by atoms with van der Waals surface area (Å²) in [6.07, 6.45) is 0. The van der Waals surface area contributed by atoms with E-state index in [1.165, 1.54) is 0 Å². The van der Waals surface area contributed by atoms with Gasteiger partial charge in [-0.15, -0.1) is 0 Å². The molecule has 6 heteroatoms. The molecule has 0 bridgehead atoms. The molecular weight excluding hydrogens is 460 g/mol. The predicted octanol–water partition coefficient (Wildman–Crippen LogP) is 4.96. The molecular formula is C9H6Br4O2. The van der Waals surface area contributed by atoms with Crippen LogP contribution in [-0.4, -0.2) is 11.1 Å². The molecule has 0 aliphatic heterocycles. The van der Waals surface area contributed by atoms with Gasteiger partial charge in [0.1, 0.15) is 0 Å². The maximum atomic E-state index is 11.2. The maximum absolute atomic E-state index is 11.2. The van der Waals surface area contributed by atoms with Crippen LogP contribution in [0.25, 0.3) is 0 Å². The Balaban J connectivity index is 3.42. The van der Waals surface area contributed by atoms with Gasteiger partial charge < -0.3 is 5.11 Å². The van der Waals surface area contributed by atoms with Crippen molar-refractivity contribution in [3.05, 3.63) is 34.9 Å². The van der Waals surface area contributed by atoms with Crippen molar-refractivity contribution in [1.29, 1.82) is 0 Å². The zero-order chi connectivity index (χ0) is 11.6. The number of hydrogen-bond donors (Lipinski definition) is 1. The van der Waals surface area contributed by atoms with Crippen LogP contribution in [0.4, 0.5) is 0 Å². The first-order chi connectivity index (χ1) is 6.95. The number of halogens is 4. The number of alkyl halides is 4. The average Bonchev–Trinajstić information content (AvgIpc) is 2.16. The summed E-state index contributed by atoms with van der Waals surface area (Å²) in [6.45, 7) is 0. The van der Waals surface area contributed by atoms with Crippen molar-refractivity contribution in [3.63, 3.8) is 0 Å². The Morgan fingerprint density at radius 1 is 1.07 bits per heavy atom. The molecule has 15 heavy (non-hydrogen) atoms. The monoisotopic (exact) mass is 462 g/mol. The molecule has 0 aromatic heterocycles. The lowest BCUT2D eigenvalue weighted by molar-refractivity contribution is 0.0695. The van der Waals surface area contributed by atoms with Gasteiger partial charge in [-0.05, 0) is 11.1 Å². The summed E-state index contributed by atoms with van der Waals surface area (Å²) in [7, 11) is 0. The lowest BCUT2D eigenvalue weighted by Crippen LogP contribution is -2.06. The van der Waals surface area contributed by atoms with Crippen molar-refractivity contribution in [2.24, 2.45) is 0 Å². The van der Waals surface area contributed by atoms with Gasteiger partial charge in [0.15, 0.2) is 0 Å². The lowest BCUT2D eigenvalue weighted by Gasteiger charge is -2.13. The van der Waals surface area contributed by atoms with Crippen LogP contribution in [0, 0.1) is 0 Å². The first kappa shape index (κ1) is 13.7. The van der Waals surface area contributed by atoms with Gasteiger partial charge in [-0.2, -0.15) is 0 Å². The second-order valence-electron chi connectivity index (χ2n) is 2.72. The first-order valence-electron chi connectivity index (χ1n) is 3.87. The number of benzene rings is 1. The third kappa shape index (κ3) is 3.28. The summed E-state index contributed by atoms with van der Waals surface area (Å²) in [6, 6.07) is 5.36. The van der Waals surface area contributed by atoms with Crippen LogP contribution in [0.1, 0.15) is 29.0 Å². The number of aromatic carboxylic acids is 1. The number of rotatable bonds is 3. The standard InChI is InChI=1S/C9H6Br4O2/c10-7(11)4-2-1-3-5(8(12)13)6(4)9(14)15/h1-3,7-8H,(H,14,15). The Bertz CT molecular complexity index is 350. The van der Waals surface area contributed by atoms with Gasteiger partial charge in [-0.1, -0.05) is 81.9 Å². The third-order valence-electron chi connectivity index (χ3n) is 1.81. The summed E-state index contributed by atoms with van der Waals surface area (Å²) >= 11 is 13.2. The molecule has 1 aromatic carbocycles. The molecule has 0 fully saturated rings. The maximum Gasteiger partial charge on any atom is 0.336 e. The molecule has 0 saturated carbocycles. The Labute approximate surface area is 121 Å². The van der Waals surface area contributed by atoms with Crippen LogP contribution in [0.2, 0.25) is 0 Å². The smallest absolute Gasteiger partial charge is 0.336 e. The van der Waals surface area contributed by atoms with E-state index in [1.807, 2.05) is 6.07 Å². The fourth-order valence-electron chi connectivity index (χ4n) is 1.20. The summed E-state index contributed by atoms with van der Waals surface area (Å²) < 4.78 is -0.343. The van der Waals surface area contributed by atoms with E-state index in [0.29, 0.717) is 16.7 Å². The lowest BCUT2D eigenvalue weighted by atomic mass is 10.0. The Morgan fingerprint density at radius 2 is 1.47 bits per heavy atom. The van der Waals surface area contributed by atoms with E-state index in [9.17, 15) is 4.79 Å². The Hall–Kier alpha value is 0.610. The molecule has 1 N–H and O–H groups in total. The van der Waals surface area contributed by atoms with Crippen LogP contribution in [0.5, 0.6) is 0 Å². The highest BCUT2D eigenvalue weighted by atomic mass is 79.9. The van der Waals surface area contributed by atoms with Crippen LogP contribution in [0.3, 0.4) is 0 Å². The quantitative estimate of drug-likeness (QED) is 0.641. The minimum Gasteiger partial charge on any atom is -0.478 e. The highest BCUT2D eigenvalue weighted by Gasteiger charge is 2.21. The average molecular weight is 466 g/mol. The van der Waals surface area contributed by atoms with E-state index >= 15 is 0 Å². The highest BCUT2D eigenvalue weighted by Crippen LogP contribution is 2.38. The number of carboxylic acid groups (broad SMARTS) is 1. The largest absolute Gasteiger partial charge is 0.478 e. The topological polar surface area (TPSA) is 37.3 Å². The van der Waals surface area contributed by atoms with E-state index < -0.39 is 5.97 Å². The second kappa shape index (κ2) is 5.80. The summed E-state index contributed by atoms with van der Waals surface area (Å²) in [4.78, 5) is 11.2. The van der Waals surface area contributed by atoms with Gasteiger partial charge >= 0.3 is 5.97 Å². The van der Waals surface area contributed by atoms with Gasteiger partial charge in [0.25, 0.3) is 0 Å². The van der Waals surface area contributed by atoms with Crippen LogP contribution in [0.15, 0.2) is 18.2 Å². The fraction of sp³-hybridized carbons (Fsp3) is 0.222. The van der Waals surface area contributed by atoms with E-state index in [1.54, 1.807) is 12.1 Å². The molecule has 0 spiro atoms. The van der Waals surface area contributed by atoms with Gasteiger partial charge in [-0.3, -0.25) is 0 Å². The van der Waals surface area contributed by atoms with E-state index in [-0.39, 0.29) is 7.47 Å². The van der Waals surface area contributed by atoms with Gasteiger partial charge in [-0.25, -0.2) is 4.79 Å². The molecule has 0 aliphatic carbocycles. The van der Waals surface area contributed by atoms with Gasteiger partial charge in [0.2, 0.25) is 0 Å². The third-order valence-corrected chi connectivity index (χ3v) is 3.79. The minimum absolute atomic E-state index is 0.171. The zero-order valence-electron chi connectivity index (χ0n) is 7.25. The SMILES string of the molecule is O=C(O)c1c(C(Br)Br)cccc1C(Br)Br. The van der Waals surface area contributed by atoms with Crippen molar-refractivity contribution in [2.45, 2.75) is 7.47 Å². The van der Waals surface area contributed by atoms with Gasteiger partial charge in [0.05, 0.1) is 13.0 Å². The molecule has 0 aliphatic rings. The number of hydrogen-bond acceptors (Lipinski definition) is 1. The molecule has 1 aromatic rings. The van der Waals surface area contributed by atoms with Crippen LogP contribution >= 0.6 is 63.7 Å². The first-order valence-corrected chi connectivity index (χ1v) is 7.53. The van der Waals surface area contributed by atoms with E-state index in [2.05, 4.69) is 63.7 Å². The minimum atomic E-state index is -0.937. The number of carbonyl (C=O) groups is 1. The predicted molar refractivity (Wildman–Crippen MR) is 74.6 cm³/mol. The Kier molecular flexibility index (Phi) is 5.28. The highest BCUT2D eigenvalue weighted by molar-refractivity contribution is 9.24. The van der Waals surface area contributed by atoms with E-state index in [4.69, 9.17) is 5.11 Å². The number of carboxylic acids is 1. The van der Waals surface area contributed by atoms with Gasteiger partial charge in [0, 0.05) is 0 Å². The van der Waals surface area contributed by atoms with Crippen molar-refractivity contribution in [2.75, 3.05) is 0 Å². The van der Waals surface area contributed by atoms with E-state index in [0.717, 1.165) is 0 Å². The fourth-order valence-corrected chi connectivity index (χ4v) is 2.73. The molecule has 2 nitrogen and oxygen atoms in total. The Morgan fingerprint density at radius 3 is 1.73 bits per heavy atom. The molecule has 0 heterocycles. The normalized spacial score (nSPS) is 11.1. The van der Waals surface area contributed by atoms with Crippen LogP contribution in [-0.2, 0) is 0 Å². The van der Waals surface area contributed by atoms with Crippen molar-refractivity contribution >= 4 is 69.7 Å². The molecule has 0 radical (unpaired) electrons. The molecule has 0 saturated heterocycles. The zero-order valence-corrected chi connectivity index (χ0v) is 13.6. The van der Waals surface area contributed by atoms with Crippen molar-refractivity contribution < 1.29 is 9.90 Å². The second-order valence-corrected chi connectivity index (χ2v) is 8.84. The molecule has 0 amide bonds. The van der Waals surface area contributed by atoms with Crippen molar-refractivity contribution in [1.82, 2.24) is 0 Å². The summed E-state index contributed by atoms with van der Waals surface area (Å²) in [5, 5.41) is 9.16. The molecule has 0 unspecified atom stereocenters.